The largest absolute Gasteiger partial charge is 0.489 e. The van der Waals surface area contributed by atoms with E-state index >= 15 is 0 Å². The third kappa shape index (κ3) is 6.04. The van der Waals surface area contributed by atoms with Gasteiger partial charge in [0.15, 0.2) is 0 Å². The molecule has 1 N–H and O–H groups in total. The molecule has 0 amide bonds. The van der Waals surface area contributed by atoms with E-state index in [4.69, 9.17) is 9.47 Å². The second-order valence-electron chi connectivity index (χ2n) is 10.5. The van der Waals surface area contributed by atoms with Crippen molar-refractivity contribution in [1.29, 1.82) is 0 Å². The summed E-state index contributed by atoms with van der Waals surface area (Å²) in [6.07, 6.45) is 8.76. The van der Waals surface area contributed by atoms with E-state index in [0.717, 1.165) is 42.6 Å². The van der Waals surface area contributed by atoms with Gasteiger partial charge in [0.05, 0.1) is 13.5 Å². The predicted molar refractivity (Wildman–Crippen MR) is 154 cm³/mol. The van der Waals surface area contributed by atoms with Crippen LogP contribution in [0.1, 0.15) is 68.6 Å². The molecule has 5 nitrogen and oxygen atoms in total. The van der Waals surface area contributed by atoms with E-state index < -0.39 is 5.97 Å². The summed E-state index contributed by atoms with van der Waals surface area (Å²) in [4.78, 5) is 16.9. The maximum atomic E-state index is 11.4. The Kier molecular flexibility index (Phi) is 8.34. The van der Waals surface area contributed by atoms with Crippen molar-refractivity contribution in [2.45, 2.75) is 58.5 Å². The zero-order valence-corrected chi connectivity index (χ0v) is 23.4. The zero-order valence-electron chi connectivity index (χ0n) is 21.6. The van der Waals surface area contributed by atoms with Gasteiger partial charge in [0, 0.05) is 28.3 Å². The van der Waals surface area contributed by atoms with Crippen LogP contribution in [-0.2, 0) is 11.4 Å². The number of pyridine rings is 1. The predicted octanol–water partition coefficient (Wildman–Crippen LogP) is 7.68. The van der Waals surface area contributed by atoms with Crippen molar-refractivity contribution in [3.8, 4) is 22.1 Å². The van der Waals surface area contributed by atoms with Crippen molar-refractivity contribution in [1.82, 2.24) is 4.98 Å². The van der Waals surface area contributed by atoms with E-state index in [1.807, 2.05) is 36.4 Å². The van der Waals surface area contributed by atoms with Crippen LogP contribution in [-0.4, -0.2) is 23.2 Å². The van der Waals surface area contributed by atoms with E-state index in [-0.39, 0.29) is 31.2 Å². The molecular formula is C30H35NO4S2. The number of benzene rings is 1. The Morgan fingerprint density at radius 2 is 2.05 bits per heavy atom. The van der Waals surface area contributed by atoms with Crippen LogP contribution in [0.25, 0.3) is 16.0 Å². The molecule has 1 aromatic carbocycles. The van der Waals surface area contributed by atoms with Gasteiger partial charge in [-0.3, -0.25) is 4.79 Å². The number of carboxylic acid groups (broad SMARTS) is 1. The first kappa shape index (κ1) is 27.3. The van der Waals surface area contributed by atoms with Gasteiger partial charge in [0.25, 0.3) is 0 Å². The summed E-state index contributed by atoms with van der Waals surface area (Å²) < 4.78 is 11.7. The Morgan fingerprint density at radius 1 is 1.24 bits per heavy atom. The third-order valence-electron chi connectivity index (χ3n) is 7.46. The highest BCUT2D eigenvalue weighted by atomic mass is 32.1. The molecule has 2 aromatic heterocycles. The molecule has 5 rings (SSSR count). The topological polar surface area (TPSA) is 68.7 Å². The minimum Gasteiger partial charge on any atom is -0.489 e. The highest BCUT2D eigenvalue weighted by Crippen LogP contribution is 2.50. The number of hydrogen-bond donors (Lipinski definition) is 1. The highest BCUT2D eigenvalue weighted by Gasteiger charge is 2.34. The van der Waals surface area contributed by atoms with E-state index in [1.54, 1.807) is 24.6 Å². The second-order valence-corrected chi connectivity index (χ2v) is 11.4. The molecule has 0 aliphatic heterocycles. The fourth-order valence-corrected chi connectivity index (χ4v) is 6.41. The molecule has 7 heteroatoms. The van der Waals surface area contributed by atoms with Crippen LogP contribution in [0.4, 0.5) is 0 Å². The first-order chi connectivity index (χ1) is 17.4. The monoisotopic (exact) mass is 537 g/mol. The number of carboxylic acids is 1. The number of ether oxygens (including phenoxy) is 2. The molecule has 0 spiro atoms. The number of methoxy groups -OCH3 is 1. The Bertz CT molecular complexity index is 1290. The minimum absolute atomic E-state index is 0. The fourth-order valence-electron chi connectivity index (χ4n) is 5.34. The van der Waals surface area contributed by atoms with E-state index in [9.17, 15) is 9.90 Å². The van der Waals surface area contributed by atoms with E-state index in [1.165, 1.54) is 21.6 Å². The SMILES string of the molecule is COc1cc(-c2scc(COc3cccc([C@@H](CC(=O)O)C4CC4)c3)c2C2=CCCC2(C)C)ccn1.S. The van der Waals surface area contributed by atoms with Crippen molar-refractivity contribution in [3.63, 3.8) is 0 Å². The number of hydrogen-bond acceptors (Lipinski definition) is 5. The quantitative estimate of drug-likeness (QED) is 0.287. The van der Waals surface area contributed by atoms with Crippen molar-refractivity contribution in [2.24, 2.45) is 11.3 Å². The van der Waals surface area contributed by atoms with Gasteiger partial charge >= 0.3 is 5.97 Å². The van der Waals surface area contributed by atoms with Crippen LogP contribution in [0.5, 0.6) is 11.6 Å². The molecule has 1 saturated carbocycles. The second kappa shape index (κ2) is 11.3. The molecular weight excluding hydrogens is 502 g/mol. The molecule has 37 heavy (non-hydrogen) atoms. The number of aliphatic carboxylic acids is 1. The third-order valence-corrected chi connectivity index (χ3v) is 8.53. The summed E-state index contributed by atoms with van der Waals surface area (Å²) in [5, 5.41) is 11.6. The first-order valence-corrected chi connectivity index (χ1v) is 13.5. The Balaban J connectivity index is 0.00000320. The standard InChI is InChI=1S/C30H33NO4S.H2S/c1-30(2)12-5-8-25(30)28-22(18-36-29(28)21-11-13-31-26(15-21)34-3)17-35-23-7-4-6-20(14-23)24(16-27(32)33)19-9-10-19;/h4,6-8,11,13-15,18-19,24H,5,9-10,12,16-17H2,1-3H3,(H,32,33);1H2/t24-;/m0./s1. The lowest BCUT2D eigenvalue weighted by molar-refractivity contribution is -0.137. The van der Waals surface area contributed by atoms with Gasteiger partial charge in [-0.15, -0.1) is 11.3 Å². The lowest BCUT2D eigenvalue weighted by Crippen LogP contribution is -2.11. The Hall–Kier alpha value is -2.77. The van der Waals surface area contributed by atoms with Gasteiger partial charge in [0.2, 0.25) is 5.88 Å². The summed E-state index contributed by atoms with van der Waals surface area (Å²) in [6, 6.07) is 12.0. The van der Waals surface area contributed by atoms with E-state index in [2.05, 4.69) is 30.3 Å². The minimum atomic E-state index is -0.742. The van der Waals surface area contributed by atoms with Crippen LogP contribution in [0, 0.1) is 11.3 Å². The van der Waals surface area contributed by atoms with Gasteiger partial charge in [-0.1, -0.05) is 32.1 Å². The summed E-state index contributed by atoms with van der Waals surface area (Å²) in [6.45, 7) is 5.09. The smallest absolute Gasteiger partial charge is 0.303 e. The van der Waals surface area contributed by atoms with Gasteiger partial charge in [0.1, 0.15) is 12.4 Å². The number of nitrogens with zero attached hydrogens (tertiary/aromatic N) is 1. The molecule has 0 radical (unpaired) electrons. The van der Waals surface area contributed by atoms with E-state index in [0.29, 0.717) is 18.4 Å². The number of carbonyl (C=O) groups is 1. The van der Waals surface area contributed by atoms with Crippen molar-refractivity contribution < 1.29 is 19.4 Å². The number of rotatable bonds is 10. The van der Waals surface area contributed by atoms with Gasteiger partial charge in [-0.05, 0) is 83.2 Å². The number of allylic oxidation sites excluding steroid dienone is 2. The average Bonchev–Trinajstić information content (AvgIpc) is 3.53. The maximum absolute atomic E-state index is 11.4. The fraction of sp³-hybridized carbons (Fsp3) is 0.400. The summed E-state index contributed by atoms with van der Waals surface area (Å²) >= 11 is 1.73. The normalized spacial score (nSPS) is 17.0. The van der Waals surface area contributed by atoms with Crippen LogP contribution in [0.2, 0.25) is 0 Å². The molecule has 1 fully saturated rings. The van der Waals surface area contributed by atoms with Gasteiger partial charge in [-0.25, -0.2) is 4.98 Å². The lowest BCUT2D eigenvalue weighted by Gasteiger charge is -2.24. The van der Waals surface area contributed by atoms with Crippen LogP contribution < -0.4 is 9.47 Å². The van der Waals surface area contributed by atoms with Crippen LogP contribution >= 0.6 is 24.8 Å². The van der Waals surface area contributed by atoms with Crippen molar-refractivity contribution >= 4 is 36.4 Å². The molecule has 3 aromatic rings. The summed E-state index contributed by atoms with van der Waals surface area (Å²) in [5.41, 5.74) is 6.05. The Labute approximate surface area is 230 Å². The number of aromatic nitrogens is 1. The summed E-state index contributed by atoms with van der Waals surface area (Å²) in [5.74, 6) is 1.17. The Morgan fingerprint density at radius 3 is 2.73 bits per heavy atom. The van der Waals surface area contributed by atoms with Gasteiger partial charge in [-0.2, -0.15) is 13.5 Å². The van der Waals surface area contributed by atoms with Crippen molar-refractivity contribution in [3.05, 3.63) is 70.7 Å². The molecule has 0 unspecified atom stereocenters. The first-order valence-electron chi connectivity index (χ1n) is 12.6. The molecule has 0 saturated heterocycles. The molecule has 2 heterocycles. The average molecular weight is 538 g/mol. The zero-order chi connectivity index (χ0) is 25.3. The maximum Gasteiger partial charge on any atom is 0.303 e. The van der Waals surface area contributed by atoms with Crippen molar-refractivity contribution in [2.75, 3.05) is 7.11 Å². The molecule has 0 bridgehead atoms. The molecule has 2 aliphatic rings. The highest BCUT2D eigenvalue weighted by molar-refractivity contribution is 7.59. The molecule has 2 aliphatic carbocycles. The lowest BCUT2D eigenvalue weighted by atomic mass is 9.80. The van der Waals surface area contributed by atoms with Crippen LogP contribution in [0.15, 0.2) is 54.1 Å². The summed E-state index contributed by atoms with van der Waals surface area (Å²) in [7, 11) is 1.64. The number of thiophene rings is 1. The van der Waals surface area contributed by atoms with Gasteiger partial charge < -0.3 is 14.6 Å². The molecule has 196 valence electrons. The molecule has 1 atom stereocenters. The van der Waals surface area contributed by atoms with Crippen LogP contribution in [0.3, 0.4) is 0 Å².